The number of aliphatic hydroxyl groups is 1. The number of nitrogens with zero attached hydrogens (tertiary/aromatic N) is 1. The predicted octanol–water partition coefficient (Wildman–Crippen LogP) is 2.78. The smallest absolute Gasteiger partial charge is 0.377 e. The highest BCUT2D eigenvalue weighted by Crippen LogP contribution is 2.32. The predicted molar refractivity (Wildman–Crippen MR) is 56.6 cm³/mol. The van der Waals surface area contributed by atoms with Gasteiger partial charge in [0.15, 0.2) is 0 Å². The Balaban J connectivity index is 2.52. The number of nitrogens with one attached hydrogen (secondary N) is 1. The van der Waals surface area contributed by atoms with Gasteiger partial charge in [-0.15, -0.1) is 0 Å². The Bertz CT molecular complexity index is 521. The maximum Gasteiger partial charge on any atom is 0.421 e. The van der Waals surface area contributed by atoms with Gasteiger partial charge in [-0.05, 0) is 37.1 Å². The molecule has 2 rings (SSSR count). The molecule has 0 amide bonds. The number of fused-ring (bicyclic) bond motifs is 1. The summed E-state index contributed by atoms with van der Waals surface area (Å²) < 4.78 is 36.9. The van der Waals surface area contributed by atoms with Crippen molar-refractivity contribution in [2.45, 2.75) is 26.1 Å². The number of aromatic nitrogens is 2. The van der Waals surface area contributed by atoms with Gasteiger partial charge in [0.05, 0.1) is 11.0 Å². The van der Waals surface area contributed by atoms with E-state index in [4.69, 9.17) is 5.11 Å². The summed E-state index contributed by atoms with van der Waals surface area (Å²) in [5, 5.41) is 9.08. The number of H-pyrrole nitrogens is 1. The molecule has 0 saturated heterocycles. The lowest BCUT2D eigenvalue weighted by Crippen LogP contribution is -2.21. The third-order valence-electron chi connectivity index (χ3n) is 2.68. The van der Waals surface area contributed by atoms with E-state index in [1.807, 2.05) is 13.8 Å². The number of benzene rings is 1. The Hall–Kier alpha value is -1.56. The molecule has 0 spiro atoms. The summed E-state index contributed by atoms with van der Waals surface area (Å²) in [6.45, 7) is 3.71. The monoisotopic (exact) mass is 244 g/mol. The highest BCUT2D eigenvalue weighted by atomic mass is 19.4. The number of imidazole rings is 1. The zero-order valence-electron chi connectivity index (χ0n) is 9.26. The number of alkyl halides is 3. The molecule has 0 saturated carbocycles. The average molecular weight is 244 g/mol. The van der Waals surface area contributed by atoms with Crippen LogP contribution in [-0.4, -0.2) is 21.3 Å². The SMILES string of the molecule is Cc1cc2nc(C(O)C(F)(F)F)[nH]c2cc1C. The van der Waals surface area contributed by atoms with E-state index in [0.717, 1.165) is 11.1 Å². The standard InChI is InChI=1S/C11H11F3N2O/c1-5-3-7-8(4-6(5)2)16-10(15-7)9(17)11(12,13)14/h3-4,9,17H,1-2H3,(H,15,16). The Morgan fingerprint density at radius 3 is 2.41 bits per heavy atom. The van der Waals surface area contributed by atoms with Crippen LogP contribution in [0.5, 0.6) is 0 Å². The molecule has 1 heterocycles. The molecule has 1 aromatic carbocycles. The van der Waals surface area contributed by atoms with Crippen LogP contribution in [0.15, 0.2) is 12.1 Å². The number of hydrogen-bond donors (Lipinski definition) is 2. The van der Waals surface area contributed by atoms with Crippen LogP contribution in [0.4, 0.5) is 13.2 Å². The second kappa shape index (κ2) is 3.73. The number of hydrogen-bond acceptors (Lipinski definition) is 2. The first-order valence-corrected chi connectivity index (χ1v) is 5.00. The zero-order valence-corrected chi connectivity index (χ0v) is 9.26. The average Bonchev–Trinajstić information content (AvgIpc) is 2.59. The van der Waals surface area contributed by atoms with Crippen molar-refractivity contribution in [3.05, 3.63) is 29.1 Å². The molecule has 1 unspecified atom stereocenters. The fraction of sp³-hybridized carbons (Fsp3) is 0.364. The summed E-state index contributed by atoms with van der Waals surface area (Å²) in [6.07, 6.45) is -7.28. The summed E-state index contributed by atoms with van der Waals surface area (Å²) in [5.41, 5.74) is 2.81. The molecule has 0 bridgehead atoms. The normalized spacial score (nSPS) is 14.2. The van der Waals surface area contributed by atoms with E-state index in [2.05, 4.69) is 9.97 Å². The van der Waals surface area contributed by atoms with Gasteiger partial charge in [0.25, 0.3) is 0 Å². The molecular formula is C11H11F3N2O. The molecule has 6 heteroatoms. The van der Waals surface area contributed by atoms with Gasteiger partial charge in [-0.2, -0.15) is 13.2 Å². The van der Waals surface area contributed by atoms with Crippen LogP contribution in [0.2, 0.25) is 0 Å². The third-order valence-corrected chi connectivity index (χ3v) is 2.68. The lowest BCUT2D eigenvalue weighted by Gasteiger charge is -2.10. The molecule has 92 valence electrons. The van der Waals surface area contributed by atoms with Crippen molar-refractivity contribution in [3.63, 3.8) is 0 Å². The van der Waals surface area contributed by atoms with E-state index in [1.54, 1.807) is 12.1 Å². The second-order valence-corrected chi connectivity index (χ2v) is 4.02. The molecule has 1 aromatic heterocycles. The van der Waals surface area contributed by atoms with Gasteiger partial charge in [0.2, 0.25) is 6.10 Å². The Morgan fingerprint density at radius 2 is 1.82 bits per heavy atom. The van der Waals surface area contributed by atoms with E-state index in [9.17, 15) is 13.2 Å². The maximum absolute atomic E-state index is 12.3. The molecule has 0 aliphatic carbocycles. The first-order valence-electron chi connectivity index (χ1n) is 5.00. The highest BCUT2D eigenvalue weighted by Gasteiger charge is 2.41. The number of aliphatic hydroxyl groups excluding tert-OH is 1. The largest absolute Gasteiger partial charge is 0.421 e. The van der Waals surface area contributed by atoms with Crippen molar-refractivity contribution in [1.82, 2.24) is 9.97 Å². The molecule has 2 aromatic rings. The Labute approximate surface area is 95.3 Å². The summed E-state index contributed by atoms with van der Waals surface area (Å²) in [5.74, 6) is -0.475. The molecule has 0 aliphatic rings. The van der Waals surface area contributed by atoms with Crippen LogP contribution in [0.25, 0.3) is 11.0 Å². The molecule has 3 nitrogen and oxygen atoms in total. The van der Waals surface area contributed by atoms with Gasteiger partial charge < -0.3 is 10.1 Å². The molecule has 0 aliphatic heterocycles. The van der Waals surface area contributed by atoms with Gasteiger partial charge in [-0.3, -0.25) is 0 Å². The fourth-order valence-corrected chi connectivity index (χ4v) is 1.57. The maximum atomic E-state index is 12.3. The van der Waals surface area contributed by atoms with Crippen LogP contribution in [0.1, 0.15) is 23.1 Å². The molecule has 0 radical (unpaired) electrons. The quantitative estimate of drug-likeness (QED) is 0.810. The van der Waals surface area contributed by atoms with E-state index in [-0.39, 0.29) is 0 Å². The Morgan fingerprint density at radius 1 is 1.24 bits per heavy atom. The summed E-state index contributed by atoms with van der Waals surface area (Å²) in [6, 6.07) is 3.40. The van der Waals surface area contributed by atoms with Crippen molar-refractivity contribution in [1.29, 1.82) is 0 Å². The van der Waals surface area contributed by atoms with E-state index in [1.165, 1.54) is 0 Å². The molecule has 1 atom stereocenters. The molecule has 17 heavy (non-hydrogen) atoms. The van der Waals surface area contributed by atoms with Gasteiger partial charge in [-0.1, -0.05) is 0 Å². The third kappa shape index (κ3) is 2.12. The van der Waals surface area contributed by atoms with E-state index < -0.39 is 18.1 Å². The van der Waals surface area contributed by atoms with E-state index in [0.29, 0.717) is 11.0 Å². The van der Waals surface area contributed by atoms with Gasteiger partial charge in [0, 0.05) is 0 Å². The number of rotatable bonds is 1. The van der Waals surface area contributed by atoms with Gasteiger partial charge in [-0.25, -0.2) is 4.98 Å². The Kier molecular flexibility index (Phi) is 2.61. The van der Waals surface area contributed by atoms with Crippen molar-refractivity contribution in [2.24, 2.45) is 0 Å². The van der Waals surface area contributed by atoms with Crippen molar-refractivity contribution >= 4 is 11.0 Å². The lowest BCUT2D eigenvalue weighted by atomic mass is 10.1. The number of halogens is 3. The minimum absolute atomic E-state index is 0.423. The number of aryl methyl sites for hydroxylation is 2. The summed E-state index contributed by atoms with van der Waals surface area (Å²) in [4.78, 5) is 6.24. The highest BCUT2D eigenvalue weighted by molar-refractivity contribution is 5.77. The van der Waals surface area contributed by atoms with Gasteiger partial charge >= 0.3 is 6.18 Å². The van der Waals surface area contributed by atoms with Crippen LogP contribution in [-0.2, 0) is 0 Å². The first-order chi connectivity index (χ1) is 7.79. The van der Waals surface area contributed by atoms with Crippen LogP contribution >= 0.6 is 0 Å². The van der Waals surface area contributed by atoms with Crippen LogP contribution in [0, 0.1) is 13.8 Å². The molecule has 2 N–H and O–H groups in total. The van der Waals surface area contributed by atoms with E-state index >= 15 is 0 Å². The summed E-state index contributed by atoms with van der Waals surface area (Å²) in [7, 11) is 0. The topological polar surface area (TPSA) is 48.9 Å². The van der Waals surface area contributed by atoms with Crippen LogP contribution in [0.3, 0.4) is 0 Å². The molecular weight excluding hydrogens is 233 g/mol. The van der Waals surface area contributed by atoms with Crippen molar-refractivity contribution < 1.29 is 18.3 Å². The van der Waals surface area contributed by atoms with Crippen LogP contribution < -0.4 is 0 Å². The zero-order chi connectivity index (χ0) is 12.8. The van der Waals surface area contributed by atoms with Crippen molar-refractivity contribution in [3.8, 4) is 0 Å². The van der Waals surface area contributed by atoms with Crippen molar-refractivity contribution in [2.75, 3.05) is 0 Å². The molecule has 0 fully saturated rings. The van der Waals surface area contributed by atoms with Gasteiger partial charge in [0.1, 0.15) is 5.82 Å². The number of aromatic amines is 1. The minimum Gasteiger partial charge on any atom is -0.377 e. The minimum atomic E-state index is -4.71. The first kappa shape index (κ1) is 11.9. The summed E-state index contributed by atoms with van der Waals surface area (Å²) >= 11 is 0. The second-order valence-electron chi connectivity index (χ2n) is 4.02. The lowest BCUT2D eigenvalue weighted by molar-refractivity contribution is -0.208. The fourth-order valence-electron chi connectivity index (χ4n) is 1.57.